The van der Waals surface area contributed by atoms with E-state index in [4.69, 9.17) is 9.97 Å². The van der Waals surface area contributed by atoms with Crippen molar-refractivity contribution in [2.24, 2.45) is 0 Å². The molecule has 0 amide bonds. The predicted molar refractivity (Wildman–Crippen MR) is 403 cm³/mol. The highest BCUT2D eigenvalue weighted by Gasteiger charge is 2.53. The van der Waals surface area contributed by atoms with E-state index in [1.54, 1.807) is 0 Å². The van der Waals surface area contributed by atoms with Gasteiger partial charge in [-0.25, -0.2) is 9.97 Å². The lowest BCUT2D eigenvalue weighted by atomic mass is 9.70. The summed E-state index contributed by atoms with van der Waals surface area (Å²) in [6.45, 7) is 0. The van der Waals surface area contributed by atoms with Crippen LogP contribution in [-0.4, -0.2) is 9.97 Å². The summed E-state index contributed by atoms with van der Waals surface area (Å²) in [4.78, 5) is 15.5. The normalized spacial score (nSPS) is 13.3. The fraction of sp³-hybridized carbons (Fsp3) is 0.0213. The summed E-state index contributed by atoms with van der Waals surface area (Å²) in [5, 5.41) is 0. The zero-order chi connectivity index (χ0) is 64.5. The minimum absolute atomic E-state index is 0.441. The van der Waals surface area contributed by atoms with Gasteiger partial charge in [0.05, 0.1) is 33.3 Å². The highest BCUT2D eigenvalue weighted by Crippen LogP contribution is 2.65. The molecule has 0 unspecified atom stereocenters. The molecule has 16 aromatic rings. The van der Waals surface area contributed by atoms with Gasteiger partial charge >= 0.3 is 0 Å². The minimum Gasteiger partial charge on any atom is -0.310 e. The molecule has 15 aromatic carbocycles. The Morgan fingerprint density at radius 3 is 0.704 bits per heavy atom. The molecule has 4 aliphatic rings. The number of para-hydroxylation sites is 4. The van der Waals surface area contributed by atoms with Crippen molar-refractivity contribution >= 4 is 45.2 Å². The maximum absolute atomic E-state index is 5.35. The monoisotopic (exact) mass is 1240 g/mol. The van der Waals surface area contributed by atoms with Crippen molar-refractivity contribution in [2.75, 3.05) is 9.80 Å². The lowest BCUT2D eigenvalue weighted by Gasteiger charge is -2.32. The van der Waals surface area contributed by atoms with Gasteiger partial charge in [-0.1, -0.05) is 279 Å². The Morgan fingerprint density at radius 1 is 0.173 bits per heavy atom. The quantitative estimate of drug-likeness (QED) is 0.137. The minimum atomic E-state index is -0.441. The smallest absolute Gasteiger partial charge is 0.0973 e. The molecule has 0 saturated carbocycles. The standard InChI is InChI=1S/C94H60N4/c1-3-21-67(22-4-1)97(71-55-57-79-77-29-11-17-35-85(77)93(87(79)59-71)81-31-13-7-25-73(81)74-26-8-14-32-82(74)93)69-51-47-63(48-52-69)61-39-43-65(44-40-61)91-92(96-90-38-20-19-37-89(90)95-91)66-45-41-62(42-46-66)64-49-53-70(54-50-64)98(68-23-5-2-6-24-68)72-56-58-80-78-30-12-18-36-86(78)94(88(80)60-72)83-33-15-9-27-75(83)76-28-10-16-34-84(76)94/h1-60H. The van der Waals surface area contributed by atoms with Crippen LogP contribution < -0.4 is 9.80 Å². The molecule has 0 aliphatic heterocycles. The first kappa shape index (κ1) is 55.7. The molecular formula is C94H60N4. The van der Waals surface area contributed by atoms with Gasteiger partial charge in [0.1, 0.15) is 0 Å². The zero-order valence-corrected chi connectivity index (χ0v) is 53.4. The van der Waals surface area contributed by atoms with E-state index in [2.05, 4.69) is 362 Å². The first-order chi connectivity index (χ1) is 48.6. The van der Waals surface area contributed by atoms with Crippen LogP contribution in [0, 0.1) is 0 Å². The molecule has 0 N–H and O–H groups in total. The van der Waals surface area contributed by atoms with Crippen molar-refractivity contribution in [3.63, 3.8) is 0 Å². The molecule has 1 aromatic heterocycles. The third kappa shape index (κ3) is 8.19. The van der Waals surface area contributed by atoms with Gasteiger partial charge in [0.15, 0.2) is 0 Å². The number of aromatic nitrogens is 2. The van der Waals surface area contributed by atoms with Crippen LogP contribution in [0.25, 0.3) is 100 Å². The molecule has 2 spiro atoms. The van der Waals surface area contributed by atoms with Crippen molar-refractivity contribution in [1.29, 1.82) is 0 Å². The highest BCUT2D eigenvalue weighted by atomic mass is 15.1. The molecule has 4 heteroatoms. The third-order valence-electron chi connectivity index (χ3n) is 21.3. The second-order valence-electron chi connectivity index (χ2n) is 26.2. The van der Waals surface area contributed by atoms with E-state index in [0.29, 0.717) is 0 Å². The number of nitrogens with zero attached hydrogens (tertiary/aromatic N) is 4. The van der Waals surface area contributed by atoms with E-state index in [-0.39, 0.29) is 0 Å². The molecular weight excluding hydrogens is 1190 g/mol. The molecule has 0 fully saturated rings. The van der Waals surface area contributed by atoms with Crippen molar-refractivity contribution in [3.8, 4) is 89.3 Å². The van der Waals surface area contributed by atoms with E-state index in [1.807, 2.05) is 12.1 Å². The predicted octanol–water partition coefficient (Wildman–Crippen LogP) is 23.9. The fourth-order valence-electron chi connectivity index (χ4n) is 17.1. The molecule has 98 heavy (non-hydrogen) atoms. The SMILES string of the molecule is c1ccc(N(c2ccc(-c3ccc(-c4nc5ccccc5nc4-c4ccc(-c5ccc(N(c6ccccc6)c6ccc7c(c6)C6(c8ccccc8-c8ccccc86)c6ccccc6-7)cc5)cc4)cc3)cc2)c2ccc3c(c2)C2(c4ccccc4-c4ccccc42)c2ccccc2-3)cc1. The van der Waals surface area contributed by atoms with E-state index < -0.39 is 10.8 Å². The number of anilines is 6. The summed E-state index contributed by atoms with van der Waals surface area (Å²) >= 11 is 0. The lowest BCUT2D eigenvalue weighted by Crippen LogP contribution is -2.26. The van der Waals surface area contributed by atoms with Crippen molar-refractivity contribution < 1.29 is 0 Å². The van der Waals surface area contributed by atoms with Crippen LogP contribution in [0.4, 0.5) is 34.1 Å². The molecule has 4 nitrogen and oxygen atoms in total. The summed E-state index contributed by atoms with van der Waals surface area (Å²) in [6, 6.07) is 134. The summed E-state index contributed by atoms with van der Waals surface area (Å²) in [5.74, 6) is 0. The Hall–Kier alpha value is -12.8. The van der Waals surface area contributed by atoms with E-state index in [1.165, 1.54) is 89.0 Å². The topological polar surface area (TPSA) is 32.3 Å². The number of rotatable bonds is 10. The van der Waals surface area contributed by atoms with Gasteiger partial charge in [-0.15, -0.1) is 0 Å². The van der Waals surface area contributed by atoms with Crippen LogP contribution in [0.1, 0.15) is 44.5 Å². The Morgan fingerprint density at radius 2 is 0.398 bits per heavy atom. The van der Waals surface area contributed by atoms with Gasteiger partial charge in [0.2, 0.25) is 0 Å². The Labute approximate surface area is 570 Å². The molecule has 0 saturated heterocycles. The average molecular weight is 1250 g/mol. The Balaban J connectivity index is 0.608. The second-order valence-corrected chi connectivity index (χ2v) is 26.2. The molecule has 456 valence electrons. The van der Waals surface area contributed by atoms with Gasteiger partial charge < -0.3 is 9.80 Å². The summed E-state index contributed by atoms with van der Waals surface area (Å²) in [6.07, 6.45) is 0. The number of hydrogen-bond donors (Lipinski definition) is 0. The van der Waals surface area contributed by atoms with E-state index in [9.17, 15) is 0 Å². The van der Waals surface area contributed by atoms with Crippen LogP contribution in [0.2, 0.25) is 0 Å². The third-order valence-corrected chi connectivity index (χ3v) is 21.3. The highest BCUT2D eigenvalue weighted by molar-refractivity contribution is 5.99. The molecule has 4 aliphatic carbocycles. The van der Waals surface area contributed by atoms with Gasteiger partial charge in [-0.2, -0.15) is 0 Å². The van der Waals surface area contributed by atoms with Crippen LogP contribution in [-0.2, 0) is 10.8 Å². The number of fused-ring (bicyclic) bond motifs is 21. The lowest BCUT2D eigenvalue weighted by molar-refractivity contribution is 0.793. The maximum Gasteiger partial charge on any atom is 0.0973 e. The first-order valence-corrected chi connectivity index (χ1v) is 33.9. The number of benzene rings is 15. The van der Waals surface area contributed by atoms with Gasteiger partial charge in [-0.3, -0.25) is 0 Å². The second kappa shape index (κ2) is 21.9. The van der Waals surface area contributed by atoms with Gasteiger partial charge in [0, 0.05) is 45.3 Å². The van der Waals surface area contributed by atoms with Crippen LogP contribution in [0.5, 0.6) is 0 Å². The summed E-state index contributed by atoms with van der Waals surface area (Å²) in [5.41, 5.74) is 36.6. The Bertz CT molecular complexity index is 5370. The van der Waals surface area contributed by atoms with E-state index >= 15 is 0 Å². The van der Waals surface area contributed by atoms with Crippen LogP contribution >= 0.6 is 0 Å². The van der Waals surface area contributed by atoms with Crippen molar-refractivity contribution in [2.45, 2.75) is 10.8 Å². The van der Waals surface area contributed by atoms with E-state index in [0.717, 1.165) is 89.9 Å². The maximum atomic E-state index is 5.35. The van der Waals surface area contributed by atoms with Crippen molar-refractivity contribution in [1.82, 2.24) is 9.97 Å². The summed E-state index contributed by atoms with van der Waals surface area (Å²) in [7, 11) is 0. The van der Waals surface area contributed by atoms with Crippen molar-refractivity contribution in [3.05, 3.63) is 408 Å². The average Bonchev–Trinajstić information content (AvgIpc) is 1.52. The molecule has 0 radical (unpaired) electrons. The van der Waals surface area contributed by atoms with Gasteiger partial charge in [0.25, 0.3) is 0 Å². The first-order valence-electron chi connectivity index (χ1n) is 33.9. The zero-order valence-electron chi connectivity index (χ0n) is 53.4. The number of hydrogen-bond acceptors (Lipinski definition) is 4. The Kier molecular flexibility index (Phi) is 12.4. The molecule has 20 rings (SSSR count). The van der Waals surface area contributed by atoms with Gasteiger partial charge in [-0.05, 0) is 196 Å². The molecule has 0 bridgehead atoms. The summed E-state index contributed by atoms with van der Waals surface area (Å²) < 4.78 is 0. The van der Waals surface area contributed by atoms with Crippen LogP contribution in [0.15, 0.2) is 364 Å². The fourth-order valence-corrected chi connectivity index (χ4v) is 17.1. The largest absolute Gasteiger partial charge is 0.310 e. The molecule has 1 heterocycles. The molecule has 0 atom stereocenters. The van der Waals surface area contributed by atoms with Crippen LogP contribution in [0.3, 0.4) is 0 Å².